The van der Waals surface area contributed by atoms with Crippen molar-refractivity contribution >= 4 is 38.9 Å². The summed E-state index contributed by atoms with van der Waals surface area (Å²) in [5.41, 5.74) is 2.83. The SMILES string of the molecule is CC(CNC(=O)c1sc2ccccc2c1Cl)N1CCc2ccccc2C1. The molecule has 0 bridgehead atoms. The lowest BCUT2D eigenvalue weighted by molar-refractivity contribution is 0.0936. The third-order valence-electron chi connectivity index (χ3n) is 5.08. The lowest BCUT2D eigenvalue weighted by atomic mass is 9.99. The Morgan fingerprint density at radius 2 is 1.92 bits per heavy atom. The van der Waals surface area contributed by atoms with E-state index in [1.807, 2.05) is 24.3 Å². The highest BCUT2D eigenvalue weighted by Gasteiger charge is 2.22. The second-order valence-electron chi connectivity index (χ2n) is 6.79. The van der Waals surface area contributed by atoms with Gasteiger partial charge in [-0.05, 0) is 30.5 Å². The molecule has 1 aromatic heterocycles. The van der Waals surface area contributed by atoms with Gasteiger partial charge in [-0.3, -0.25) is 9.69 Å². The molecule has 4 rings (SSSR count). The lowest BCUT2D eigenvalue weighted by Crippen LogP contribution is -2.44. The monoisotopic (exact) mass is 384 g/mol. The van der Waals surface area contributed by atoms with Gasteiger partial charge in [0.25, 0.3) is 5.91 Å². The van der Waals surface area contributed by atoms with Gasteiger partial charge in [0.05, 0.1) is 5.02 Å². The maximum absolute atomic E-state index is 12.6. The van der Waals surface area contributed by atoms with Crippen LogP contribution in [0.25, 0.3) is 10.1 Å². The molecule has 1 atom stereocenters. The first-order valence-electron chi connectivity index (χ1n) is 8.89. The molecule has 0 radical (unpaired) electrons. The molecule has 2 heterocycles. The van der Waals surface area contributed by atoms with E-state index in [1.165, 1.54) is 22.5 Å². The zero-order chi connectivity index (χ0) is 18.1. The summed E-state index contributed by atoms with van der Waals surface area (Å²) in [4.78, 5) is 15.6. The van der Waals surface area contributed by atoms with Crippen LogP contribution in [0, 0.1) is 0 Å². The quantitative estimate of drug-likeness (QED) is 0.705. The van der Waals surface area contributed by atoms with Crippen molar-refractivity contribution in [3.05, 3.63) is 69.6 Å². The zero-order valence-corrected chi connectivity index (χ0v) is 16.2. The molecular weight excluding hydrogens is 364 g/mol. The number of amides is 1. The van der Waals surface area contributed by atoms with E-state index in [4.69, 9.17) is 11.6 Å². The number of nitrogens with zero attached hydrogens (tertiary/aromatic N) is 1. The highest BCUT2D eigenvalue weighted by atomic mass is 35.5. The minimum atomic E-state index is -0.0829. The maximum Gasteiger partial charge on any atom is 0.262 e. The van der Waals surface area contributed by atoms with Crippen LogP contribution in [0.1, 0.15) is 27.7 Å². The van der Waals surface area contributed by atoms with Gasteiger partial charge in [-0.1, -0.05) is 54.1 Å². The summed E-state index contributed by atoms with van der Waals surface area (Å²) in [5.74, 6) is -0.0829. The summed E-state index contributed by atoms with van der Waals surface area (Å²) in [6.07, 6.45) is 1.07. The van der Waals surface area contributed by atoms with Crippen molar-refractivity contribution in [2.75, 3.05) is 13.1 Å². The van der Waals surface area contributed by atoms with Crippen molar-refractivity contribution in [1.29, 1.82) is 0 Å². The summed E-state index contributed by atoms with van der Waals surface area (Å²) >= 11 is 7.86. The van der Waals surface area contributed by atoms with Gasteiger partial charge in [-0.15, -0.1) is 11.3 Å². The summed E-state index contributed by atoms with van der Waals surface area (Å²) in [6, 6.07) is 16.7. The number of halogens is 1. The van der Waals surface area contributed by atoms with Crippen LogP contribution >= 0.6 is 22.9 Å². The van der Waals surface area contributed by atoms with Crippen molar-refractivity contribution in [1.82, 2.24) is 10.2 Å². The molecule has 2 aromatic carbocycles. The largest absolute Gasteiger partial charge is 0.350 e. The third-order valence-corrected chi connectivity index (χ3v) is 6.76. The molecule has 1 N–H and O–H groups in total. The van der Waals surface area contributed by atoms with Gasteiger partial charge in [0.15, 0.2) is 0 Å². The fraction of sp³-hybridized carbons (Fsp3) is 0.286. The zero-order valence-electron chi connectivity index (χ0n) is 14.7. The van der Waals surface area contributed by atoms with E-state index < -0.39 is 0 Å². The minimum absolute atomic E-state index is 0.0829. The number of fused-ring (bicyclic) bond motifs is 2. The Bertz CT molecular complexity index is 952. The number of benzene rings is 2. The number of carbonyl (C=O) groups is 1. The van der Waals surface area contributed by atoms with Gasteiger partial charge in [0.2, 0.25) is 0 Å². The average Bonchev–Trinajstić information content (AvgIpc) is 3.02. The Morgan fingerprint density at radius 1 is 1.19 bits per heavy atom. The minimum Gasteiger partial charge on any atom is -0.350 e. The van der Waals surface area contributed by atoms with Gasteiger partial charge in [0.1, 0.15) is 4.88 Å². The predicted molar refractivity (Wildman–Crippen MR) is 109 cm³/mol. The van der Waals surface area contributed by atoms with E-state index in [-0.39, 0.29) is 11.9 Å². The molecule has 5 heteroatoms. The highest BCUT2D eigenvalue weighted by Crippen LogP contribution is 2.35. The smallest absolute Gasteiger partial charge is 0.262 e. The first-order valence-corrected chi connectivity index (χ1v) is 10.1. The van der Waals surface area contributed by atoms with Crippen molar-refractivity contribution in [2.45, 2.75) is 25.9 Å². The van der Waals surface area contributed by atoms with Crippen molar-refractivity contribution in [2.24, 2.45) is 0 Å². The van der Waals surface area contributed by atoms with Crippen molar-refractivity contribution < 1.29 is 4.79 Å². The molecular formula is C21H21ClN2OS. The Hall–Kier alpha value is -1.88. The summed E-state index contributed by atoms with van der Waals surface area (Å²) in [6.45, 7) is 4.75. The predicted octanol–water partition coefficient (Wildman–Crippen LogP) is 4.73. The number of rotatable bonds is 4. The van der Waals surface area contributed by atoms with Gasteiger partial charge < -0.3 is 5.32 Å². The van der Waals surface area contributed by atoms with E-state index >= 15 is 0 Å². The molecule has 1 unspecified atom stereocenters. The van der Waals surface area contributed by atoms with Crippen molar-refractivity contribution in [3.8, 4) is 0 Å². The van der Waals surface area contributed by atoms with Crippen LogP contribution in [-0.2, 0) is 13.0 Å². The molecule has 0 fully saturated rings. The lowest BCUT2D eigenvalue weighted by Gasteiger charge is -2.33. The number of thiophene rings is 1. The summed E-state index contributed by atoms with van der Waals surface area (Å²) in [7, 11) is 0. The van der Waals surface area contributed by atoms with Crippen molar-refractivity contribution in [3.63, 3.8) is 0 Å². The Balaban J connectivity index is 1.40. The molecule has 3 nitrogen and oxygen atoms in total. The summed E-state index contributed by atoms with van der Waals surface area (Å²) in [5, 5.41) is 4.57. The van der Waals surface area contributed by atoms with Gasteiger partial charge in [-0.2, -0.15) is 0 Å². The van der Waals surface area contributed by atoms with Crippen LogP contribution in [0.3, 0.4) is 0 Å². The van der Waals surface area contributed by atoms with Gasteiger partial charge >= 0.3 is 0 Å². The molecule has 0 saturated heterocycles. The van der Waals surface area contributed by atoms with Gasteiger partial charge in [0, 0.05) is 35.8 Å². The van der Waals surface area contributed by atoms with Crippen LogP contribution < -0.4 is 5.32 Å². The Kier molecular flexibility index (Phi) is 4.98. The van der Waals surface area contributed by atoms with Crippen LogP contribution in [0.5, 0.6) is 0 Å². The van der Waals surface area contributed by atoms with E-state index in [9.17, 15) is 4.79 Å². The molecule has 134 valence electrons. The Labute approximate surface area is 162 Å². The second-order valence-corrected chi connectivity index (χ2v) is 8.22. The first-order chi connectivity index (χ1) is 12.6. The molecule has 0 spiro atoms. The first kappa shape index (κ1) is 17.5. The highest BCUT2D eigenvalue weighted by molar-refractivity contribution is 7.21. The molecule has 1 aliphatic rings. The molecule has 0 aliphatic carbocycles. The molecule has 1 amide bonds. The molecule has 26 heavy (non-hydrogen) atoms. The van der Waals surface area contributed by atoms with E-state index in [0.29, 0.717) is 16.4 Å². The fourth-order valence-electron chi connectivity index (χ4n) is 3.50. The number of hydrogen-bond acceptors (Lipinski definition) is 3. The van der Waals surface area contributed by atoms with Crippen LogP contribution in [-0.4, -0.2) is 29.9 Å². The standard InChI is InChI=1S/C21H21ClN2OS/c1-14(24-11-10-15-6-2-3-7-16(15)13-24)12-23-21(25)20-19(22)17-8-4-5-9-18(17)26-20/h2-9,14H,10-13H2,1H3,(H,23,25). The van der Waals surface area contributed by atoms with Gasteiger partial charge in [-0.25, -0.2) is 0 Å². The topological polar surface area (TPSA) is 32.3 Å². The van der Waals surface area contributed by atoms with E-state index in [1.54, 1.807) is 0 Å². The molecule has 3 aromatic rings. The molecule has 0 saturated carbocycles. The fourth-order valence-corrected chi connectivity index (χ4v) is 4.94. The maximum atomic E-state index is 12.6. The van der Waals surface area contributed by atoms with E-state index in [0.717, 1.165) is 29.6 Å². The van der Waals surface area contributed by atoms with Crippen LogP contribution in [0.2, 0.25) is 5.02 Å². The average molecular weight is 385 g/mol. The third kappa shape index (κ3) is 3.37. The normalized spacial score (nSPS) is 15.6. The number of carbonyl (C=O) groups excluding carboxylic acids is 1. The second kappa shape index (κ2) is 7.39. The number of hydrogen-bond donors (Lipinski definition) is 1. The van der Waals surface area contributed by atoms with Crippen LogP contribution in [0.15, 0.2) is 48.5 Å². The Morgan fingerprint density at radius 3 is 2.73 bits per heavy atom. The number of nitrogens with one attached hydrogen (secondary N) is 1. The van der Waals surface area contributed by atoms with Crippen LogP contribution in [0.4, 0.5) is 0 Å². The molecule has 1 aliphatic heterocycles. The summed E-state index contributed by atoms with van der Waals surface area (Å²) < 4.78 is 1.04. The van der Waals surface area contributed by atoms with E-state index in [2.05, 4.69) is 41.4 Å².